The molecule has 0 unspecified atom stereocenters. The maximum Gasteiger partial charge on any atom is 0.158 e. The Balaban J connectivity index is 1.91. The van der Waals surface area contributed by atoms with E-state index in [1.165, 1.54) is 10.4 Å². The Morgan fingerprint density at radius 3 is 2.57 bits per heavy atom. The number of hydrogen-bond acceptors (Lipinski definition) is 6. The van der Waals surface area contributed by atoms with Crippen LogP contribution in [0.3, 0.4) is 0 Å². The summed E-state index contributed by atoms with van der Waals surface area (Å²) in [6.07, 6.45) is 0. The number of anilines is 1. The van der Waals surface area contributed by atoms with E-state index in [2.05, 4.69) is 37.7 Å². The molecule has 0 bridgehead atoms. The molecule has 116 valence electrons. The minimum atomic E-state index is 0.362. The van der Waals surface area contributed by atoms with Gasteiger partial charge in [-0.3, -0.25) is 0 Å². The minimum absolute atomic E-state index is 0.362. The predicted molar refractivity (Wildman–Crippen MR) is 86.6 cm³/mol. The average molecular weight is 309 g/mol. The van der Waals surface area contributed by atoms with Crippen LogP contribution in [0.15, 0.2) is 0 Å². The fourth-order valence-corrected chi connectivity index (χ4v) is 3.05. The lowest BCUT2D eigenvalue weighted by Gasteiger charge is -2.07. The van der Waals surface area contributed by atoms with Gasteiger partial charge in [-0.25, -0.2) is 9.97 Å². The zero-order valence-corrected chi connectivity index (χ0v) is 13.9. The number of hydrogen-bond donors (Lipinski definition) is 1. The van der Waals surface area contributed by atoms with Crippen LogP contribution in [0.5, 0.6) is 0 Å². The summed E-state index contributed by atoms with van der Waals surface area (Å²) in [5.41, 5.74) is 7.20. The van der Waals surface area contributed by atoms with Gasteiger partial charge in [-0.15, -0.1) is 11.3 Å². The van der Waals surface area contributed by atoms with Crippen LogP contribution in [-0.2, 0) is 16.1 Å². The van der Waals surface area contributed by atoms with E-state index in [1.807, 2.05) is 0 Å². The Hall–Kier alpha value is -1.24. The summed E-state index contributed by atoms with van der Waals surface area (Å²) in [7, 11) is 0. The van der Waals surface area contributed by atoms with Crippen molar-refractivity contribution in [1.29, 1.82) is 0 Å². The Labute approximate surface area is 129 Å². The van der Waals surface area contributed by atoms with Crippen LogP contribution in [0.25, 0.3) is 10.2 Å². The summed E-state index contributed by atoms with van der Waals surface area (Å²) in [5.74, 6) is 1.71. The quantitative estimate of drug-likeness (QED) is 0.796. The van der Waals surface area contributed by atoms with Crippen molar-refractivity contribution in [3.8, 4) is 0 Å². The van der Waals surface area contributed by atoms with E-state index in [4.69, 9.17) is 15.2 Å². The van der Waals surface area contributed by atoms with Gasteiger partial charge in [-0.2, -0.15) is 0 Å². The molecule has 0 saturated carbocycles. The number of nitrogen functional groups attached to an aromatic ring is 1. The van der Waals surface area contributed by atoms with Crippen LogP contribution < -0.4 is 5.73 Å². The van der Waals surface area contributed by atoms with Gasteiger partial charge in [0.1, 0.15) is 17.3 Å². The summed E-state index contributed by atoms with van der Waals surface area (Å²) < 4.78 is 11.0. The van der Waals surface area contributed by atoms with E-state index in [9.17, 15) is 0 Å². The first-order valence-electron chi connectivity index (χ1n) is 7.16. The molecule has 21 heavy (non-hydrogen) atoms. The van der Waals surface area contributed by atoms with Gasteiger partial charge in [0.25, 0.3) is 0 Å². The topological polar surface area (TPSA) is 70.3 Å². The molecule has 5 nitrogen and oxygen atoms in total. The molecule has 2 aromatic heterocycles. The first kappa shape index (κ1) is 16.1. The lowest BCUT2D eigenvalue weighted by atomic mass is 10.2. The first-order chi connectivity index (χ1) is 9.99. The van der Waals surface area contributed by atoms with E-state index in [0.717, 1.165) is 16.8 Å². The van der Waals surface area contributed by atoms with Gasteiger partial charge in [-0.05, 0) is 25.3 Å². The molecule has 2 heterocycles. The molecule has 0 radical (unpaired) electrons. The lowest BCUT2D eigenvalue weighted by Crippen LogP contribution is -2.09. The molecular formula is C15H23N3O2S. The molecule has 0 aliphatic rings. The second-order valence-electron chi connectivity index (χ2n) is 5.51. The summed E-state index contributed by atoms with van der Waals surface area (Å²) in [6.45, 7) is 10.6. The van der Waals surface area contributed by atoms with Crippen molar-refractivity contribution in [1.82, 2.24) is 9.97 Å². The highest BCUT2D eigenvalue weighted by Gasteiger charge is 2.12. The third kappa shape index (κ3) is 4.12. The number of nitrogens with zero attached hydrogens (tertiary/aromatic N) is 2. The molecule has 6 heteroatoms. The van der Waals surface area contributed by atoms with Gasteiger partial charge in [0, 0.05) is 11.5 Å². The molecule has 2 N–H and O–H groups in total. The first-order valence-corrected chi connectivity index (χ1v) is 7.98. The van der Waals surface area contributed by atoms with Crippen LogP contribution in [0.4, 0.5) is 5.82 Å². The highest BCUT2D eigenvalue weighted by molar-refractivity contribution is 7.18. The number of thiophene rings is 1. The maximum atomic E-state index is 6.03. The molecular weight excluding hydrogens is 286 g/mol. The van der Waals surface area contributed by atoms with E-state index in [0.29, 0.717) is 37.4 Å². The molecule has 0 spiro atoms. The lowest BCUT2D eigenvalue weighted by molar-refractivity contribution is 0.0296. The van der Waals surface area contributed by atoms with Gasteiger partial charge in [0.15, 0.2) is 5.82 Å². The minimum Gasteiger partial charge on any atom is -0.383 e. The standard InChI is InChI=1S/C15H23N3O2S/c1-9(2)7-19-5-6-20-8-12-17-14(16)13-10(3)11(4)21-15(13)18-12/h9H,5-8H2,1-4H3,(H2,16,17,18). The Bertz CT molecular complexity index is 610. The molecule has 0 amide bonds. The number of nitrogens with two attached hydrogens (primary N) is 1. The van der Waals surface area contributed by atoms with Crippen LogP contribution >= 0.6 is 11.3 Å². The predicted octanol–water partition coefficient (Wildman–Crippen LogP) is 3.08. The molecule has 2 aromatic rings. The van der Waals surface area contributed by atoms with Crippen molar-refractivity contribution in [2.24, 2.45) is 5.92 Å². The van der Waals surface area contributed by atoms with Crippen LogP contribution in [0.1, 0.15) is 30.1 Å². The SMILES string of the molecule is Cc1sc2nc(COCCOCC(C)C)nc(N)c2c1C. The van der Waals surface area contributed by atoms with Crippen molar-refractivity contribution in [3.05, 3.63) is 16.3 Å². The molecule has 0 aliphatic carbocycles. The van der Waals surface area contributed by atoms with Crippen LogP contribution in [0.2, 0.25) is 0 Å². The normalized spacial score (nSPS) is 11.7. The van der Waals surface area contributed by atoms with Crippen molar-refractivity contribution >= 4 is 27.4 Å². The van der Waals surface area contributed by atoms with Crippen molar-refractivity contribution in [2.75, 3.05) is 25.6 Å². The summed E-state index contributed by atoms with van der Waals surface area (Å²) in [5, 5.41) is 0.974. The highest BCUT2D eigenvalue weighted by Crippen LogP contribution is 2.31. The second-order valence-corrected chi connectivity index (χ2v) is 6.71. The fourth-order valence-electron chi connectivity index (χ4n) is 1.99. The Morgan fingerprint density at radius 1 is 1.14 bits per heavy atom. The van der Waals surface area contributed by atoms with Crippen LogP contribution in [-0.4, -0.2) is 29.8 Å². The molecule has 2 rings (SSSR count). The number of rotatable bonds is 7. The molecule has 0 aromatic carbocycles. The van der Waals surface area contributed by atoms with Gasteiger partial charge in [0.05, 0.1) is 18.6 Å². The fraction of sp³-hybridized carbons (Fsp3) is 0.600. The summed E-state index contributed by atoms with van der Waals surface area (Å²) >= 11 is 1.65. The number of aromatic nitrogens is 2. The monoisotopic (exact) mass is 309 g/mol. The molecule has 0 atom stereocenters. The molecule has 0 fully saturated rings. The average Bonchev–Trinajstić information content (AvgIpc) is 2.69. The zero-order valence-electron chi connectivity index (χ0n) is 13.1. The summed E-state index contributed by atoms with van der Waals surface area (Å²) in [6, 6.07) is 0. The largest absolute Gasteiger partial charge is 0.383 e. The van der Waals surface area contributed by atoms with Gasteiger partial charge in [0.2, 0.25) is 0 Å². The van der Waals surface area contributed by atoms with Crippen molar-refractivity contribution in [2.45, 2.75) is 34.3 Å². The zero-order chi connectivity index (χ0) is 15.4. The Kier molecular flexibility index (Phi) is 5.50. The second kappa shape index (κ2) is 7.15. The molecule has 0 saturated heterocycles. The van der Waals surface area contributed by atoms with E-state index in [1.54, 1.807) is 11.3 Å². The Morgan fingerprint density at radius 2 is 1.86 bits per heavy atom. The number of aryl methyl sites for hydroxylation is 2. The maximum absolute atomic E-state index is 6.03. The summed E-state index contributed by atoms with van der Waals surface area (Å²) in [4.78, 5) is 11.0. The number of ether oxygens (including phenoxy) is 2. The van der Waals surface area contributed by atoms with Crippen LogP contribution in [0, 0.1) is 19.8 Å². The van der Waals surface area contributed by atoms with Gasteiger partial charge in [-0.1, -0.05) is 13.8 Å². The highest BCUT2D eigenvalue weighted by atomic mass is 32.1. The third-order valence-electron chi connectivity index (χ3n) is 3.16. The smallest absolute Gasteiger partial charge is 0.158 e. The van der Waals surface area contributed by atoms with Crippen molar-refractivity contribution < 1.29 is 9.47 Å². The number of fused-ring (bicyclic) bond motifs is 1. The molecule has 0 aliphatic heterocycles. The van der Waals surface area contributed by atoms with Crippen molar-refractivity contribution in [3.63, 3.8) is 0 Å². The van der Waals surface area contributed by atoms with E-state index < -0.39 is 0 Å². The third-order valence-corrected chi connectivity index (χ3v) is 4.26. The van der Waals surface area contributed by atoms with Gasteiger partial charge >= 0.3 is 0 Å². The van der Waals surface area contributed by atoms with E-state index >= 15 is 0 Å². The van der Waals surface area contributed by atoms with Gasteiger partial charge < -0.3 is 15.2 Å². The van der Waals surface area contributed by atoms with E-state index in [-0.39, 0.29) is 0 Å².